The van der Waals surface area contributed by atoms with E-state index in [1.54, 1.807) is 41.4 Å². The topological polar surface area (TPSA) is 98.7 Å². The fourth-order valence-corrected chi connectivity index (χ4v) is 3.47. The number of nitrogens with zero attached hydrogens (tertiary/aromatic N) is 5. The molecule has 8 nitrogen and oxygen atoms in total. The van der Waals surface area contributed by atoms with Crippen LogP contribution in [0.2, 0.25) is 0 Å². The first-order chi connectivity index (χ1) is 13.6. The lowest BCUT2D eigenvalue weighted by atomic mass is 10.2. The maximum absolute atomic E-state index is 12.5. The van der Waals surface area contributed by atoms with Crippen molar-refractivity contribution >= 4 is 17.2 Å². The van der Waals surface area contributed by atoms with Gasteiger partial charge in [-0.05, 0) is 43.8 Å². The summed E-state index contributed by atoms with van der Waals surface area (Å²) < 4.78 is 6.78. The zero-order valence-corrected chi connectivity index (χ0v) is 16.2. The van der Waals surface area contributed by atoms with Gasteiger partial charge in [-0.1, -0.05) is 11.2 Å². The Balaban J connectivity index is 1.46. The minimum Gasteiger partial charge on any atom is -0.352 e. The molecule has 0 radical (unpaired) electrons. The predicted octanol–water partition coefficient (Wildman–Crippen LogP) is 2.97. The van der Waals surface area contributed by atoms with E-state index in [0.29, 0.717) is 29.6 Å². The standard InChI is InChI=1S/C19H18N6O2S/c1-12-16(18(26)20-8-7-15-4-3-9-28-15)11-22-25(12)17-6-5-14(10-21-17)19-23-13(2)24-27-19/h3-6,9-11H,7-8H2,1-2H3,(H,20,26). The lowest BCUT2D eigenvalue weighted by molar-refractivity contribution is 0.0953. The van der Waals surface area contributed by atoms with E-state index in [2.05, 4.69) is 31.6 Å². The average Bonchev–Trinajstić information content (AvgIpc) is 3.43. The summed E-state index contributed by atoms with van der Waals surface area (Å²) in [5, 5.41) is 13.1. The second-order valence-electron chi connectivity index (χ2n) is 6.19. The molecule has 0 unspecified atom stereocenters. The third kappa shape index (κ3) is 3.70. The zero-order valence-electron chi connectivity index (χ0n) is 15.4. The van der Waals surface area contributed by atoms with Crippen LogP contribution in [0, 0.1) is 13.8 Å². The van der Waals surface area contributed by atoms with Crippen molar-refractivity contribution in [2.75, 3.05) is 6.54 Å². The maximum Gasteiger partial charge on any atom is 0.259 e. The van der Waals surface area contributed by atoms with Gasteiger partial charge in [-0.2, -0.15) is 10.1 Å². The third-order valence-electron chi connectivity index (χ3n) is 4.23. The minimum absolute atomic E-state index is 0.140. The van der Waals surface area contributed by atoms with Gasteiger partial charge in [0.2, 0.25) is 0 Å². The van der Waals surface area contributed by atoms with E-state index in [1.165, 1.54) is 4.88 Å². The van der Waals surface area contributed by atoms with Crippen LogP contribution in [0.1, 0.15) is 26.8 Å². The van der Waals surface area contributed by atoms with Crippen molar-refractivity contribution in [3.8, 4) is 17.3 Å². The summed E-state index contributed by atoms with van der Waals surface area (Å²) in [6.07, 6.45) is 4.02. The zero-order chi connectivity index (χ0) is 19.5. The molecule has 0 aromatic carbocycles. The van der Waals surface area contributed by atoms with Crippen molar-refractivity contribution in [1.82, 2.24) is 30.2 Å². The highest BCUT2D eigenvalue weighted by Gasteiger charge is 2.16. The van der Waals surface area contributed by atoms with E-state index >= 15 is 0 Å². The van der Waals surface area contributed by atoms with Crippen LogP contribution < -0.4 is 5.32 Å². The number of nitrogens with one attached hydrogen (secondary N) is 1. The Bertz CT molecular complexity index is 1080. The van der Waals surface area contributed by atoms with Crippen LogP contribution in [-0.2, 0) is 6.42 Å². The van der Waals surface area contributed by atoms with E-state index in [4.69, 9.17) is 4.52 Å². The molecule has 0 fully saturated rings. The number of carbonyl (C=O) groups is 1. The molecule has 0 spiro atoms. The molecule has 0 saturated heterocycles. The van der Waals surface area contributed by atoms with Crippen molar-refractivity contribution in [3.63, 3.8) is 0 Å². The van der Waals surface area contributed by atoms with Gasteiger partial charge >= 0.3 is 0 Å². The molecule has 1 amide bonds. The van der Waals surface area contributed by atoms with Gasteiger partial charge < -0.3 is 9.84 Å². The van der Waals surface area contributed by atoms with Crippen LogP contribution in [0.5, 0.6) is 0 Å². The monoisotopic (exact) mass is 394 g/mol. The Morgan fingerprint density at radius 1 is 1.25 bits per heavy atom. The molecule has 28 heavy (non-hydrogen) atoms. The van der Waals surface area contributed by atoms with Crippen molar-refractivity contribution in [2.24, 2.45) is 0 Å². The number of aryl methyl sites for hydroxylation is 1. The van der Waals surface area contributed by atoms with Gasteiger partial charge in [0.1, 0.15) is 0 Å². The summed E-state index contributed by atoms with van der Waals surface area (Å²) in [5.41, 5.74) is 1.98. The number of carbonyl (C=O) groups excluding carboxylic acids is 1. The summed E-state index contributed by atoms with van der Waals surface area (Å²) in [6, 6.07) is 7.70. The first-order valence-electron chi connectivity index (χ1n) is 8.74. The smallest absolute Gasteiger partial charge is 0.259 e. The summed E-state index contributed by atoms with van der Waals surface area (Å²) in [6.45, 7) is 4.19. The Hall–Kier alpha value is -3.33. The molecule has 4 aromatic heterocycles. The summed E-state index contributed by atoms with van der Waals surface area (Å²) in [5.74, 6) is 1.45. The van der Waals surface area contributed by atoms with Gasteiger partial charge in [0, 0.05) is 17.6 Å². The molecule has 4 rings (SSSR count). The van der Waals surface area contributed by atoms with Crippen molar-refractivity contribution in [2.45, 2.75) is 20.3 Å². The SMILES string of the molecule is Cc1noc(-c2ccc(-n3ncc(C(=O)NCCc4cccs4)c3C)nc2)n1. The average molecular weight is 394 g/mol. The number of rotatable bonds is 6. The molecule has 0 aliphatic carbocycles. The second kappa shape index (κ2) is 7.73. The number of aromatic nitrogens is 5. The number of hydrogen-bond acceptors (Lipinski definition) is 7. The van der Waals surface area contributed by atoms with Crippen molar-refractivity contribution < 1.29 is 9.32 Å². The largest absolute Gasteiger partial charge is 0.352 e. The van der Waals surface area contributed by atoms with Crippen LogP contribution in [0.3, 0.4) is 0 Å². The van der Waals surface area contributed by atoms with Gasteiger partial charge in [-0.25, -0.2) is 9.67 Å². The molecule has 9 heteroatoms. The van der Waals surface area contributed by atoms with E-state index in [9.17, 15) is 4.79 Å². The number of amides is 1. The Labute approximate surface area is 165 Å². The predicted molar refractivity (Wildman–Crippen MR) is 104 cm³/mol. The quantitative estimate of drug-likeness (QED) is 0.540. The number of hydrogen-bond donors (Lipinski definition) is 1. The van der Waals surface area contributed by atoms with Gasteiger partial charge in [0.15, 0.2) is 11.6 Å². The van der Waals surface area contributed by atoms with Crippen LogP contribution in [0.15, 0.2) is 46.6 Å². The molecular formula is C19H18N6O2S. The maximum atomic E-state index is 12.5. The van der Waals surface area contributed by atoms with E-state index in [-0.39, 0.29) is 5.91 Å². The fraction of sp³-hybridized carbons (Fsp3) is 0.211. The lowest BCUT2D eigenvalue weighted by Gasteiger charge is -2.06. The van der Waals surface area contributed by atoms with Crippen molar-refractivity contribution in [3.05, 3.63) is 64.0 Å². The molecule has 4 aromatic rings. The molecule has 142 valence electrons. The van der Waals surface area contributed by atoms with Gasteiger partial charge in [-0.15, -0.1) is 11.3 Å². The molecule has 0 bridgehead atoms. The first kappa shape index (κ1) is 18.1. The molecule has 4 heterocycles. The molecular weight excluding hydrogens is 376 g/mol. The highest BCUT2D eigenvalue weighted by molar-refractivity contribution is 7.09. The van der Waals surface area contributed by atoms with E-state index in [0.717, 1.165) is 17.7 Å². The third-order valence-corrected chi connectivity index (χ3v) is 5.17. The van der Waals surface area contributed by atoms with Crippen LogP contribution >= 0.6 is 11.3 Å². The molecule has 0 aliphatic rings. The first-order valence-corrected chi connectivity index (χ1v) is 9.62. The van der Waals surface area contributed by atoms with Crippen molar-refractivity contribution in [1.29, 1.82) is 0 Å². The Kier molecular flexibility index (Phi) is 4.98. The summed E-state index contributed by atoms with van der Waals surface area (Å²) >= 11 is 1.68. The number of thiophene rings is 1. The van der Waals surface area contributed by atoms with Gasteiger partial charge in [0.05, 0.1) is 23.0 Å². The van der Waals surface area contributed by atoms with Crippen LogP contribution in [0.4, 0.5) is 0 Å². The Morgan fingerprint density at radius 2 is 2.14 bits per heavy atom. The summed E-state index contributed by atoms with van der Waals surface area (Å²) in [7, 11) is 0. The lowest BCUT2D eigenvalue weighted by Crippen LogP contribution is -2.26. The van der Waals surface area contributed by atoms with Gasteiger partial charge in [0.25, 0.3) is 11.8 Å². The highest BCUT2D eigenvalue weighted by atomic mass is 32.1. The molecule has 1 N–H and O–H groups in total. The van der Waals surface area contributed by atoms with E-state index < -0.39 is 0 Å². The summed E-state index contributed by atoms with van der Waals surface area (Å²) in [4.78, 5) is 22.3. The van der Waals surface area contributed by atoms with Crippen LogP contribution in [0.25, 0.3) is 17.3 Å². The molecule has 0 aliphatic heterocycles. The highest BCUT2D eigenvalue weighted by Crippen LogP contribution is 2.18. The minimum atomic E-state index is -0.140. The molecule has 0 saturated carbocycles. The normalized spacial score (nSPS) is 10.9. The second-order valence-corrected chi connectivity index (χ2v) is 7.22. The van der Waals surface area contributed by atoms with Crippen LogP contribution in [-0.4, -0.2) is 37.4 Å². The fourth-order valence-electron chi connectivity index (χ4n) is 2.76. The number of pyridine rings is 1. The van der Waals surface area contributed by atoms with E-state index in [1.807, 2.05) is 24.4 Å². The molecule has 0 atom stereocenters. The van der Waals surface area contributed by atoms with Gasteiger partial charge in [-0.3, -0.25) is 4.79 Å². The Morgan fingerprint density at radius 3 is 2.82 bits per heavy atom.